The van der Waals surface area contributed by atoms with E-state index in [9.17, 15) is 14.7 Å². The van der Waals surface area contributed by atoms with Crippen molar-refractivity contribution in [1.82, 2.24) is 18.7 Å². The number of aromatic hydroxyl groups is 1. The molecule has 9 nitrogen and oxygen atoms in total. The molecule has 2 N–H and O–H groups in total. The molecular weight excluding hydrogens is 420 g/mol. The number of hydrogen-bond acceptors (Lipinski definition) is 6. The first kappa shape index (κ1) is 20.4. The van der Waals surface area contributed by atoms with Crippen molar-refractivity contribution in [2.75, 3.05) is 5.43 Å². The standard InChI is InChI=1S/C21H19ClN6O3/c1-26-18-17(19(30)27(2)21(26)31)28(12-13-7-9-15(22)10-8-13)20(24-18)25-23-11-14-5-3-4-6-16(14)29/h3-11,29H,12H2,1-2H3,(H,24,25)/b23-11-. The molecule has 2 aromatic carbocycles. The first-order valence-corrected chi connectivity index (χ1v) is 9.72. The van der Waals surface area contributed by atoms with Gasteiger partial charge in [0.25, 0.3) is 5.56 Å². The number of phenols is 1. The second-order valence-electron chi connectivity index (χ2n) is 6.95. The summed E-state index contributed by atoms with van der Waals surface area (Å²) in [6.45, 7) is 0.301. The van der Waals surface area contributed by atoms with Gasteiger partial charge in [-0.1, -0.05) is 35.9 Å². The summed E-state index contributed by atoms with van der Waals surface area (Å²) in [4.78, 5) is 29.7. The molecule has 2 heterocycles. The number of anilines is 1. The number of aryl methyl sites for hydroxylation is 1. The Balaban J connectivity index is 1.83. The number of benzene rings is 2. The van der Waals surface area contributed by atoms with Gasteiger partial charge in [0.1, 0.15) is 5.75 Å². The predicted molar refractivity (Wildman–Crippen MR) is 120 cm³/mol. The van der Waals surface area contributed by atoms with Crippen molar-refractivity contribution in [3.05, 3.63) is 85.5 Å². The maximum atomic E-state index is 12.9. The maximum absolute atomic E-state index is 12.9. The molecule has 0 atom stereocenters. The van der Waals surface area contributed by atoms with Gasteiger partial charge in [-0.05, 0) is 29.8 Å². The third-order valence-electron chi connectivity index (χ3n) is 4.91. The van der Waals surface area contributed by atoms with Gasteiger partial charge < -0.3 is 5.11 Å². The van der Waals surface area contributed by atoms with Gasteiger partial charge in [0.15, 0.2) is 11.2 Å². The Hall–Kier alpha value is -3.85. The Morgan fingerprint density at radius 3 is 2.52 bits per heavy atom. The lowest BCUT2D eigenvalue weighted by Gasteiger charge is -2.09. The van der Waals surface area contributed by atoms with Crippen LogP contribution in [0.5, 0.6) is 5.75 Å². The number of nitrogens with one attached hydrogen (secondary N) is 1. The Morgan fingerprint density at radius 1 is 1.10 bits per heavy atom. The van der Waals surface area contributed by atoms with E-state index in [1.807, 2.05) is 12.1 Å². The van der Waals surface area contributed by atoms with Gasteiger partial charge in [-0.3, -0.25) is 18.5 Å². The Kier molecular flexibility index (Phi) is 5.35. The molecule has 158 valence electrons. The number of rotatable bonds is 5. The van der Waals surface area contributed by atoms with Crippen LogP contribution < -0.4 is 16.7 Å². The van der Waals surface area contributed by atoms with E-state index < -0.39 is 11.2 Å². The zero-order valence-electron chi connectivity index (χ0n) is 16.8. The van der Waals surface area contributed by atoms with Gasteiger partial charge in [-0.25, -0.2) is 10.2 Å². The highest BCUT2D eigenvalue weighted by Crippen LogP contribution is 2.19. The average molecular weight is 439 g/mol. The van der Waals surface area contributed by atoms with Gasteiger partial charge in [0.2, 0.25) is 5.95 Å². The summed E-state index contributed by atoms with van der Waals surface area (Å²) < 4.78 is 4.01. The molecule has 0 aliphatic rings. The number of aromatic nitrogens is 4. The summed E-state index contributed by atoms with van der Waals surface area (Å²) >= 11 is 5.98. The molecule has 0 unspecified atom stereocenters. The van der Waals surface area contributed by atoms with Crippen LogP contribution in [0.4, 0.5) is 5.95 Å². The number of halogens is 1. The van der Waals surface area contributed by atoms with Crippen molar-refractivity contribution >= 4 is 34.9 Å². The van der Waals surface area contributed by atoms with E-state index in [2.05, 4.69) is 15.5 Å². The second-order valence-corrected chi connectivity index (χ2v) is 7.39. The predicted octanol–water partition coefficient (Wildman–Crippen LogP) is 2.29. The summed E-state index contributed by atoms with van der Waals surface area (Å²) in [7, 11) is 2.98. The van der Waals surface area contributed by atoms with Crippen LogP contribution in [0.25, 0.3) is 11.2 Å². The molecule has 4 rings (SSSR count). The highest BCUT2D eigenvalue weighted by atomic mass is 35.5. The van der Waals surface area contributed by atoms with E-state index in [4.69, 9.17) is 11.6 Å². The molecule has 0 bridgehead atoms. The molecule has 0 aliphatic heterocycles. The lowest BCUT2D eigenvalue weighted by atomic mass is 10.2. The van der Waals surface area contributed by atoms with Crippen LogP contribution in [-0.2, 0) is 20.6 Å². The van der Waals surface area contributed by atoms with E-state index >= 15 is 0 Å². The highest BCUT2D eigenvalue weighted by molar-refractivity contribution is 6.30. The second kappa shape index (κ2) is 8.11. The number of hydrogen-bond donors (Lipinski definition) is 2. The number of phenolic OH excluding ortho intramolecular Hbond substituents is 1. The van der Waals surface area contributed by atoms with Crippen LogP contribution in [0.3, 0.4) is 0 Å². The quantitative estimate of drug-likeness (QED) is 0.367. The lowest BCUT2D eigenvalue weighted by molar-refractivity contribution is 0.474. The first-order valence-electron chi connectivity index (χ1n) is 9.34. The topological polar surface area (TPSA) is 106 Å². The Bertz CT molecular complexity index is 1420. The van der Waals surface area contributed by atoms with Crippen molar-refractivity contribution < 1.29 is 5.11 Å². The molecule has 0 amide bonds. The van der Waals surface area contributed by atoms with Crippen LogP contribution >= 0.6 is 11.6 Å². The SMILES string of the molecule is Cn1c(=O)c2c(nc(N/N=C\c3ccccc3O)n2Cc2ccc(Cl)cc2)n(C)c1=O. The monoisotopic (exact) mass is 438 g/mol. The Labute approximate surface area is 181 Å². The molecule has 31 heavy (non-hydrogen) atoms. The van der Waals surface area contributed by atoms with Crippen molar-refractivity contribution in [2.45, 2.75) is 6.54 Å². The molecule has 0 spiro atoms. The van der Waals surface area contributed by atoms with Crippen LogP contribution in [0, 0.1) is 0 Å². The van der Waals surface area contributed by atoms with Crippen molar-refractivity contribution in [1.29, 1.82) is 0 Å². The van der Waals surface area contributed by atoms with Gasteiger partial charge in [0, 0.05) is 24.7 Å². The molecule has 0 saturated heterocycles. The zero-order valence-corrected chi connectivity index (χ0v) is 17.5. The van der Waals surface area contributed by atoms with E-state index in [1.165, 1.54) is 17.8 Å². The summed E-state index contributed by atoms with van der Waals surface area (Å²) in [5.41, 5.74) is 3.79. The number of fused-ring (bicyclic) bond motifs is 1. The number of para-hydroxylation sites is 1. The Morgan fingerprint density at radius 2 is 1.81 bits per heavy atom. The minimum absolute atomic E-state index is 0.0824. The van der Waals surface area contributed by atoms with E-state index in [1.54, 1.807) is 48.0 Å². The fourth-order valence-electron chi connectivity index (χ4n) is 3.21. The molecule has 0 saturated carbocycles. The van der Waals surface area contributed by atoms with Crippen LogP contribution in [0.1, 0.15) is 11.1 Å². The van der Waals surface area contributed by atoms with E-state index in [0.717, 1.165) is 10.1 Å². The van der Waals surface area contributed by atoms with Crippen molar-refractivity contribution in [3.8, 4) is 5.75 Å². The van der Waals surface area contributed by atoms with Crippen LogP contribution in [-0.4, -0.2) is 30.0 Å². The summed E-state index contributed by atoms with van der Waals surface area (Å²) in [6.07, 6.45) is 1.44. The van der Waals surface area contributed by atoms with Crippen molar-refractivity contribution in [2.24, 2.45) is 19.2 Å². The first-order chi connectivity index (χ1) is 14.9. The van der Waals surface area contributed by atoms with Crippen molar-refractivity contribution in [3.63, 3.8) is 0 Å². The van der Waals surface area contributed by atoms with Gasteiger partial charge in [-0.15, -0.1) is 0 Å². The van der Waals surface area contributed by atoms with Gasteiger partial charge in [0.05, 0.1) is 12.8 Å². The fourth-order valence-corrected chi connectivity index (χ4v) is 3.34. The summed E-state index contributed by atoms with van der Waals surface area (Å²) in [6, 6.07) is 13.9. The number of nitrogens with zero attached hydrogens (tertiary/aromatic N) is 5. The normalized spacial score (nSPS) is 11.5. The third-order valence-corrected chi connectivity index (χ3v) is 5.16. The zero-order chi connectivity index (χ0) is 22.1. The average Bonchev–Trinajstić information content (AvgIpc) is 3.12. The smallest absolute Gasteiger partial charge is 0.332 e. The number of imidazole rings is 1. The number of hydrazone groups is 1. The molecule has 4 aromatic rings. The minimum Gasteiger partial charge on any atom is -0.507 e. The van der Waals surface area contributed by atoms with Crippen LogP contribution in [0.2, 0.25) is 5.02 Å². The molecule has 0 aliphatic carbocycles. The van der Waals surface area contributed by atoms with E-state index in [-0.39, 0.29) is 22.9 Å². The maximum Gasteiger partial charge on any atom is 0.332 e. The van der Waals surface area contributed by atoms with Crippen LogP contribution in [0.15, 0.2) is 63.2 Å². The molecular formula is C21H19ClN6O3. The minimum atomic E-state index is -0.474. The lowest BCUT2D eigenvalue weighted by Crippen LogP contribution is -2.37. The summed E-state index contributed by atoms with van der Waals surface area (Å²) in [5.74, 6) is 0.355. The van der Waals surface area contributed by atoms with Gasteiger partial charge >= 0.3 is 5.69 Å². The highest BCUT2D eigenvalue weighted by Gasteiger charge is 2.19. The molecule has 2 aromatic heterocycles. The summed E-state index contributed by atoms with van der Waals surface area (Å²) in [5, 5.41) is 14.6. The van der Waals surface area contributed by atoms with E-state index in [0.29, 0.717) is 17.1 Å². The van der Waals surface area contributed by atoms with Gasteiger partial charge in [-0.2, -0.15) is 10.1 Å². The largest absolute Gasteiger partial charge is 0.507 e. The molecule has 0 radical (unpaired) electrons. The fraction of sp³-hybridized carbons (Fsp3) is 0.143. The molecule has 0 fully saturated rings. The third kappa shape index (κ3) is 3.82. The molecule has 10 heteroatoms.